The quantitative estimate of drug-likeness (QED) is 0.862. The van der Waals surface area contributed by atoms with Crippen LogP contribution < -0.4 is 10.0 Å². The van der Waals surface area contributed by atoms with Gasteiger partial charge in [-0.3, -0.25) is 4.72 Å². The Morgan fingerprint density at radius 3 is 2.43 bits per heavy atom. The van der Waals surface area contributed by atoms with Crippen LogP contribution in [0.1, 0.15) is 25.5 Å². The van der Waals surface area contributed by atoms with E-state index in [0.717, 1.165) is 12.1 Å². The van der Waals surface area contributed by atoms with E-state index in [2.05, 4.69) is 10.0 Å². The van der Waals surface area contributed by atoms with Crippen molar-refractivity contribution in [3.63, 3.8) is 0 Å². The fourth-order valence-electron chi connectivity index (χ4n) is 2.11. The lowest BCUT2D eigenvalue weighted by Gasteiger charge is -2.14. The van der Waals surface area contributed by atoms with Crippen molar-refractivity contribution in [2.24, 2.45) is 0 Å². The zero-order chi connectivity index (χ0) is 15.3. The molecule has 0 aliphatic rings. The highest BCUT2D eigenvalue weighted by Gasteiger charge is 2.14. The molecule has 2 aromatic carbocycles. The highest BCUT2D eigenvalue weighted by Crippen LogP contribution is 2.20. The fourth-order valence-corrected chi connectivity index (χ4v) is 3.18. The first-order valence-electron chi connectivity index (χ1n) is 6.94. The Morgan fingerprint density at radius 2 is 1.76 bits per heavy atom. The Labute approximate surface area is 126 Å². The van der Waals surface area contributed by atoms with Crippen LogP contribution in [0.15, 0.2) is 59.5 Å². The molecule has 112 valence electrons. The van der Waals surface area contributed by atoms with Gasteiger partial charge in [0.05, 0.1) is 4.90 Å². The molecular weight excluding hydrogens is 284 g/mol. The number of sulfonamides is 1. The molecule has 0 heterocycles. The van der Waals surface area contributed by atoms with E-state index in [9.17, 15) is 8.42 Å². The van der Waals surface area contributed by atoms with Crippen molar-refractivity contribution < 1.29 is 8.42 Å². The van der Waals surface area contributed by atoms with Gasteiger partial charge < -0.3 is 5.32 Å². The highest BCUT2D eigenvalue weighted by molar-refractivity contribution is 7.92. The summed E-state index contributed by atoms with van der Waals surface area (Å²) in [6.07, 6.45) is 0. The summed E-state index contributed by atoms with van der Waals surface area (Å²) in [6.45, 7) is 4.95. The molecule has 4 nitrogen and oxygen atoms in total. The summed E-state index contributed by atoms with van der Waals surface area (Å²) in [6, 6.07) is 16.0. The zero-order valence-electron chi connectivity index (χ0n) is 12.2. The molecule has 0 aliphatic carbocycles. The molecule has 2 rings (SSSR count). The van der Waals surface area contributed by atoms with Crippen LogP contribution in [0.4, 0.5) is 5.69 Å². The number of hydrogen-bond acceptors (Lipinski definition) is 3. The molecule has 1 unspecified atom stereocenters. The van der Waals surface area contributed by atoms with E-state index in [1.165, 1.54) is 0 Å². The molecule has 0 aromatic heterocycles. The molecule has 0 saturated heterocycles. The second-order valence-corrected chi connectivity index (χ2v) is 6.51. The van der Waals surface area contributed by atoms with E-state index in [1.54, 1.807) is 36.4 Å². The minimum absolute atomic E-state index is 0.177. The summed E-state index contributed by atoms with van der Waals surface area (Å²) in [7, 11) is -3.54. The monoisotopic (exact) mass is 304 g/mol. The lowest BCUT2D eigenvalue weighted by molar-refractivity contribution is 0.597. The van der Waals surface area contributed by atoms with Crippen molar-refractivity contribution in [1.29, 1.82) is 0 Å². The summed E-state index contributed by atoms with van der Waals surface area (Å²) in [5.74, 6) is 0. The molecule has 1 atom stereocenters. The van der Waals surface area contributed by atoms with Crippen molar-refractivity contribution in [3.8, 4) is 0 Å². The third-order valence-electron chi connectivity index (χ3n) is 3.20. The average molecular weight is 304 g/mol. The van der Waals surface area contributed by atoms with Crippen LogP contribution in [0.25, 0.3) is 0 Å². The maximum Gasteiger partial charge on any atom is 0.261 e. The molecule has 2 aromatic rings. The third-order valence-corrected chi connectivity index (χ3v) is 4.60. The van der Waals surface area contributed by atoms with Crippen LogP contribution in [-0.4, -0.2) is 15.0 Å². The molecule has 0 bridgehead atoms. The second-order valence-electron chi connectivity index (χ2n) is 4.82. The smallest absolute Gasteiger partial charge is 0.261 e. The molecule has 0 aliphatic heterocycles. The van der Waals surface area contributed by atoms with Gasteiger partial charge in [-0.25, -0.2) is 8.42 Å². The maximum absolute atomic E-state index is 12.3. The summed E-state index contributed by atoms with van der Waals surface area (Å²) in [5.41, 5.74) is 1.62. The lowest BCUT2D eigenvalue weighted by atomic mass is 10.1. The first kappa shape index (κ1) is 15.5. The van der Waals surface area contributed by atoms with Gasteiger partial charge in [0.1, 0.15) is 0 Å². The molecule has 0 spiro atoms. The van der Waals surface area contributed by atoms with Crippen LogP contribution >= 0.6 is 0 Å². The fraction of sp³-hybridized carbons (Fsp3) is 0.250. The third kappa shape index (κ3) is 4.06. The van der Waals surface area contributed by atoms with Crippen LogP contribution in [0.5, 0.6) is 0 Å². The summed E-state index contributed by atoms with van der Waals surface area (Å²) in [5, 5.41) is 3.31. The standard InChI is InChI=1S/C16H20N2O2S/c1-3-17-13(2)14-8-7-9-15(12-14)18-21(19,20)16-10-5-4-6-11-16/h4-13,17-18H,3H2,1-2H3. The molecule has 0 radical (unpaired) electrons. The largest absolute Gasteiger partial charge is 0.310 e. The van der Waals surface area contributed by atoms with Gasteiger partial charge in [-0.2, -0.15) is 0 Å². The minimum Gasteiger partial charge on any atom is -0.310 e. The van der Waals surface area contributed by atoms with Crippen molar-refractivity contribution in [2.45, 2.75) is 24.8 Å². The zero-order valence-corrected chi connectivity index (χ0v) is 13.0. The summed E-state index contributed by atoms with van der Waals surface area (Å²) < 4.78 is 27.2. The summed E-state index contributed by atoms with van der Waals surface area (Å²) in [4.78, 5) is 0.259. The van der Waals surface area contributed by atoms with Gasteiger partial charge in [-0.05, 0) is 43.3 Å². The van der Waals surface area contributed by atoms with Crippen molar-refractivity contribution in [1.82, 2.24) is 5.32 Å². The predicted molar refractivity (Wildman–Crippen MR) is 85.8 cm³/mol. The predicted octanol–water partition coefficient (Wildman–Crippen LogP) is 3.16. The average Bonchev–Trinajstić information content (AvgIpc) is 2.48. The van der Waals surface area contributed by atoms with Crippen molar-refractivity contribution in [3.05, 3.63) is 60.2 Å². The van der Waals surface area contributed by atoms with Gasteiger partial charge in [0.15, 0.2) is 0 Å². The minimum atomic E-state index is -3.54. The van der Waals surface area contributed by atoms with Crippen LogP contribution in [0.2, 0.25) is 0 Å². The van der Waals surface area contributed by atoms with E-state index < -0.39 is 10.0 Å². The number of benzene rings is 2. The molecule has 0 fully saturated rings. The first-order valence-corrected chi connectivity index (χ1v) is 8.42. The van der Waals surface area contributed by atoms with E-state index in [-0.39, 0.29) is 10.9 Å². The normalized spacial score (nSPS) is 12.9. The van der Waals surface area contributed by atoms with Gasteiger partial charge in [0.2, 0.25) is 0 Å². The van der Waals surface area contributed by atoms with Gasteiger partial charge in [0.25, 0.3) is 10.0 Å². The molecule has 21 heavy (non-hydrogen) atoms. The first-order chi connectivity index (χ1) is 10.0. The van der Waals surface area contributed by atoms with Crippen molar-refractivity contribution >= 4 is 15.7 Å². The van der Waals surface area contributed by atoms with Crippen LogP contribution in [0.3, 0.4) is 0 Å². The number of rotatable bonds is 6. The Hall–Kier alpha value is -1.85. The van der Waals surface area contributed by atoms with E-state index in [0.29, 0.717) is 5.69 Å². The summed E-state index contributed by atoms with van der Waals surface area (Å²) >= 11 is 0. The van der Waals surface area contributed by atoms with E-state index in [4.69, 9.17) is 0 Å². The molecular formula is C16H20N2O2S. The molecule has 0 amide bonds. The van der Waals surface area contributed by atoms with E-state index in [1.807, 2.05) is 32.0 Å². The second kappa shape index (κ2) is 6.74. The molecule has 2 N–H and O–H groups in total. The Kier molecular flexibility index (Phi) is 4.98. The van der Waals surface area contributed by atoms with Gasteiger partial charge in [0, 0.05) is 11.7 Å². The van der Waals surface area contributed by atoms with Gasteiger partial charge in [-0.15, -0.1) is 0 Å². The van der Waals surface area contributed by atoms with Crippen molar-refractivity contribution in [2.75, 3.05) is 11.3 Å². The molecule has 5 heteroatoms. The topological polar surface area (TPSA) is 58.2 Å². The number of anilines is 1. The van der Waals surface area contributed by atoms with E-state index >= 15 is 0 Å². The van der Waals surface area contributed by atoms with Gasteiger partial charge >= 0.3 is 0 Å². The SMILES string of the molecule is CCNC(C)c1cccc(NS(=O)(=O)c2ccccc2)c1. The Balaban J connectivity index is 2.22. The highest BCUT2D eigenvalue weighted by atomic mass is 32.2. The Bertz CT molecular complexity index is 684. The number of hydrogen-bond donors (Lipinski definition) is 2. The van der Waals surface area contributed by atoms with Crippen LogP contribution in [0, 0.1) is 0 Å². The maximum atomic E-state index is 12.3. The number of nitrogens with one attached hydrogen (secondary N) is 2. The van der Waals surface area contributed by atoms with Crippen LogP contribution in [-0.2, 0) is 10.0 Å². The Morgan fingerprint density at radius 1 is 1.05 bits per heavy atom. The molecule has 0 saturated carbocycles. The lowest BCUT2D eigenvalue weighted by Crippen LogP contribution is -2.18. The van der Waals surface area contributed by atoms with Gasteiger partial charge in [-0.1, -0.05) is 37.3 Å².